The van der Waals surface area contributed by atoms with Gasteiger partial charge in [0.2, 0.25) is 0 Å². The molecule has 7 nitrogen and oxygen atoms in total. The summed E-state index contributed by atoms with van der Waals surface area (Å²) in [6.07, 6.45) is 11.4. The van der Waals surface area contributed by atoms with Crippen molar-refractivity contribution in [2.75, 3.05) is 25.0 Å². The number of aromatic nitrogens is 4. The molecular weight excluding hydrogens is 352 g/mol. The zero-order valence-electron chi connectivity index (χ0n) is 16.0. The summed E-state index contributed by atoms with van der Waals surface area (Å²) in [5, 5.41) is 2.71. The molecule has 0 spiro atoms. The summed E-state index contributed by atoms with van der Waals surface area (Å²) in [5.41, 5.74) is 1.82. The van der Waals surface area contributed by atoms with Crippen LogP contribution in [0.15, 0.2) is 55.2 Å². The fourth-order valence-electron chi connectivity index (χ4n) is 3.84. The van der Waals surface area contributed by atoms with Gasteiger partial charge >= 0.3 is 0 Å². The van der Waals surface area contributed by atoms with E-state index in [2.05, 4.69) is 29.7 Å². The third kappa shape index (κ3) is 3.74. The molecular formula is C21H24N6O. The lowest BCUT2D eigenvalue weighted by atomic mass is 9.96. The van der Waals surface area contributed by atoms with E-state index in [0.717, 1.165) is 44.1 Å². The fraction of sp³-hybridized carbons (Fsp3) is 0.333. The van der Waals surface area contributed by atoms with Gasteiger partial charge in [-0.15, -0.1) is 0 Å². The zero-order chi connectivity index (χ0) is 19.3. The minimum atomic E-state index is -0.107. The van der Waals surface area contributed by atoms with E-state index in [9.17, 15) is 4.79 Å². The minimum Gasteiger partial charge on any atom is -0.355 e. The van der Waals surface area contributed by atoms with Crippen LogP contribution in [0.25, 0.3) is 0 Å². The van der Waals surface area contributed by atoms with Crippen molar-refractivity contribution in [2.24, 2.45) is 0 Å². The Hall–Kier alpha value is -3.22. The molecule has 1 saturated heterocycles. The lowest BCUT2D eigenvalue weighted by Crippen LogP contribution is -2.37. The number of nitrogens with zero attached hydrogens (tertiary/aromatic N) is 5. The van der Waals surface area contributed by atoms with Gasteiger partial charge in [0.1, 0.15) is 11.6 Å². The molecule has 1 aliphatic heterocycles. The van der Waals surface area contributed by atoms with E-state index in [1.54, 1.807) is 19.3 Å². The molecule has 0 radical (unpaired) electrons. The number of imidazole rings is 1. The largest absolute Gasteiger partial charge is 0.355 e. The molecule has 0 aromatic carbocycles. The molecule has 1 aliphatic rings. The van der Waals surface area contributed by atoms with Gasteiger partial charge in [0.25, 0.3) is 5.91 Å². The summed E-state index contributed by atoms with van der Waals surface area (Å²) in [5.74, 6) is 2.02. The monoisotopic (exact) mass is 376 g/mol. The predicted octanol–water partition coefficient (Wildman–Crippen LogP) is 2.47. The third-order valence-corrected chi connectivity index (χ3v) is 5.19. The Morgan fingerprint density at radius 1 is 1.18 bits per heavy atom. The van der Waals surface area contributed by atoms with Crippen LogP contribution in [-0.2, 0) is 6.54 Å². The predicted molar refractivity (Wildman–Crippen MR) is 107 cm³/mol. The van der Waals surface area contributed by atoms with Crippen LogP contribution < -0.4 is 10.2 Å². The Bertz CT molecular complexity index is 939. The summed E-state index contributed by atoms with van der Waals surface area (Å²) in [6, 6.07) is 7.69. The van der Waals surface area contributed by atoms with Crippen LogP contribution >= 0.6 is 0 Å². The van der Waals surface area contributed by atoms with Crippen molar-refractivity contribution >= 4 is 11.7 Å². The first-order valence-corrected chi connectivity index (χ1v) is 9.58. The molecule has 0 bridgehead atoms. The van der Waals surface area contributed by atoms with Gasteiger partial charge in [-0.1, -0.05) is 0 Å². The van der Waals surface area contributed by atoms with Gasteiger partial charge in [-0.3, -0.25) is 9.78 Å². The molecule has 1 fully saturated rings. The van der Waals surface area contributed by atoms with Gasteiger partial charge < -0.3 is 14.8 Å². The van der Waals surface area contributed by atoms with E-state index < -0.39 is 0 Å². The van der Waals surface area contributed by atoms with E-state index in [1.165, 1.54) is 5.56 Å². The average molecular weight is 376 g/mol. The van der Waals surface area contributed by atoms with Crippen LogP contribution in [0.1, 0.15) is 40.5 Å². The normalized spacial score (nSPS) is 16.8. The van der Waals surface area contributed by atoms with Gasteiger partial charge in [-0.05, 0) is 42.7 Å². The highest BCUT2D eigenvalue weighted by Gasteiger charge is 2.27. The minimum absolute atomic E-state index is 0.107. The van der Waals surface area contributed by atoms with Gasteiger partial charge in [0, 0.05) is 63.6 Å². The first-order valence-electron chi connectivity index (χ1n) is 9.58. The zero-order valence-corrected chi connectivity index (χ0v) is 16.0. The van der Waals surface area contributed by atoms with Gasteiger partial charge in [0.05, 0.1) is 5.56 Å². The molecule has 28 heavy (non-hydrogen) atoms. The molecule has 144 valence electrons. The second-order valence-corrected chi connectivity index (χ2v) is 7.01. The van der Waals surface area contributed by atoms with Crippen LogP contribution in [0.5, 0.6) is 0 Å². The first-order chi connectivity index (χ1) is 13.8. The van der Waals surface area contributed by atoms with Gasteiger partial charge in [0.15, 0.2) is 0 Å². The van der Waals surface area contributed by atoms with Crippen molar-refractivity contribution in [3.63, 3.8) is 0 Å². The summed E-state index contributed by atoms with van der Waals surface area (Å²) in [7, 11) is 1.65. The molecule has 0 aliphatic carbocycles. The molecule has 1 amide bonds. The number of anilines is 1. The quantitative estimate of drug-likeness (QED) is 0.740. The second-order valence-electron chi connectivity index (χ2n) is 7.01. The first kappa shape index (κ1) is 18.2. The standard InChI is InChI=1S/C21H24N6O/c1-22-21(28)18-5-2-8-24-20(18)26-12-3-4-17(15-26)19-25-11-13-27(19)14-16-6-9-23-10-7-16/h2,5-11,13,17H,3-4,12,14-15H2,1H3,(H,22,28). The van der Waals surface area contributed by atoms with Crippen molar-refractivity contribution in [2.45, 2.75) is 25.3 Å². The maximum Gasteiger partial charge on any atom is 0.254 e. The van der Waals surface area contributed by atoms with Crippen LogP contribution in [0.2, 0.25) is 0 Å². The summed E-state index contributed by atoms with van der Waals surface area (Å²) in [4.78, 5) is 27.7. The molecule has 4 heterocycles. The number of amides is 1. The highest BCUT2D eigenvalue weighted by molar-refractivity contribution is 5.98. The number of rotatable bonds is 5. The maximum atomic E-state index is 12.2. The molecule has 4 rings (SSSR count). The Morgan fingerprint density at radius 3 is 2.86 bits per heavy atom. The lowest BCUT2D eigenvalue weighted by Gasteiger charge is -2.34. The Labute approximate surface area is 164 Å². The van der Waals surface area contributed by atoms with Crippen molar-refractivity contribution < 1.29 is 4.79 Å². The summed E-state index contributed by atoms with van der Waals surface area (Å²) in [6.45, 7) is 2.47. The topological polar surface area (TPSA) is 75.9 Å². The van der Waals surface area contributed by atoms with Crippen molar-refractivity contribution in [1.29, 1.82) is 0 Å². The molecule has 3 aromatic rings. The van der Waals surface area contributed by atoms with E-state index in [-0.39, 0.29) is 5.91 Å². The molecule has 7 heteroatoms. The van der Waals surface area contributed by atoms with E-state index >= 15 is 0 Å². The van der Waals surface area contributed by atoms with E-state index in [0.29, 0.717) is 11.5 Å². The molecule has 1 N–H and O–H groups in total. The number of hydrogen-bond acceptors (Lipinski definition) is 5. The molecule has 3 aromatic heterocycles. The third-order valence-electron chi connectivity index (χ3n) is 5.19. The smallest absolute Gasteiger partial charge is 0.254 e. The van der Waals surface area contributed by atoms with Gasteiger partial charge in [-0.2, -0.15) is 0 Å². The molecule has 1 atom stereocenters. The lowest BCUT2D eigenvalue weighted by molar-refractivity contribution is 0.0963. The average Bonchev–Trinajstić information content (AvgIpc) is 3.22. The van der Waals surface area contributed by atoms with Crippen molar-refractivity contribution in [1.82, 2.24) is 24.8 Å². The van der Waals surface area contributed by atoms with Crippen LogP contribution in [0.4, 0.5) is 5.82 Å². The van der Waals surface area contributed by atoms with E-state index in [4.69, 9.17) is 0 Å². The van der Waals surface area contributed by atoms with Crippen LogP contribution in [0, 0.1) is 0 Å². The summed E-state index contributed by atoms with van der Waals surface area (Å²) >= 11 is 0. The molecule has 1 unspecified atom stereocenters. The number of piperidine rings is 1. The Balaban J connectivity index is 1.56. The Morgan fingerprint density at radius 2 is 2.04 bits per heavy atom. The van der Waals surface area contributed by atoms with Gasteiger partial charge in [-0.25, -0.2) is 9.97 Å². The number of nitrogens with one attached hydrogen (secondary N) is 1. The van der Waals surface area contributed by atoms with Crippen LogP contribution in [-0.4, -0.2) is 45.6 Å². The number of carbonyl (C=O) groups excluding carboxylic acids is 1. The number of pyridine rings is 2. The molecule has 0 saturated carbocycles. The van der Waals surface area contributed by atoms with Crippen molar-refractivity contribution in [3.05, 3.63) is 72.2 Å². The second kappa shape index (κ2) is 8.21. The van der Waals surface area contributed by atoms with E-state index in [1.807, 2.05) is 43.0 Å². The number of carbonyl (C=O) groups is 1. The fourth-order valence-corrected chi connectivity index (χ4v) is 3.84. The van der Waals surface area contributed by atoms with Crippen LogP contribution in [0.3, 0.4) is 0 Å². The summed E-state index contributed by atoms with van der Waals surface area (Å²) < 4.78 is 2.21. The Kier molecular flexibility index (Phi) is 5.32. The van der Waals surface area contributed by atoms with Crippen molar-refractivity contribution in [3.8, 4) is 0 Å². The number of hydrogen-bond donors (Lipinski definition) is 1. The highest BCUT2D eigenvalue weighted by atomic mass is 16.1. The maximum absolute atomic E-state index is 12.2. The highest BCUT2D eigenvalue weighted by Crippen LogP contribution is 2.30. The SMILES string of the molecule is CNC(=O)c1cccnc1N1CCCC(c2nccn2Cc2ccncc2)C1.